The topological polar surface area (TPSA) is 94.5 Å². The van der Waals surface area contributed by atoms with Crippen LogP contribution in [0.15, 0.2) is 24.7 Å². The van der Waals surface area contributed by atoms with Gasteiger partial charge in [0.15, 0.2) is 11.4 Å². The number of alkyl halides is 2. The molecule has 0 radical (unpaired) electrons. The Hall–Kier alpha value is -2.59. The van der Waals surface area contributed by atoms with Crippen LogP contribution < -0.4 is 15.8 Å². The molecule has 3 N–H and O–H groups in total. The second-order valence-corrected chi connectivity index (χ2v) is 10.3. The second kappa shape index (κ2) is 9.22. The number of rotatable bonds is 6. The zero-order valence-corrected chi connectivity index (χ0v) is 19.9. The summed E-state index contributed by atoms with van der Waals surface area (Å²) in [5.74, 6) is -2.85. The van der Waals surface area contributed by atoms with Gasteiger partial charge in [0.05, 0.1) is 29.6 Å². The number of halogens is 2. The highest BCUT2D eigenvalue weighted by molar-refractivity contribution is 7.14. The van der Waals surface area contributed by atoms with E-state index < -0.39 is 23.9 Å². The van der Waals surface area contributed by atoms with Gasteiger partial charge in [0.1, 0.15) is 6.04 Å². The second-order valence-electron chi connectivity index (χ2n) is 9.21. The molecule has 0 saturated heterocycles. The van der Waals surface area contributed by atoms with Gasteiger partial charge in [-0.3, -0.25) is 4.79 Å². The minimum absolute atomic E-state index is 0.226. The lowest BCUT2D eigenvalue weighted by atomic mass is 9.87. The van der Waals surface area contributed by atoms with E-state index in [0.29, 0.717) is 35.5 Å². The van der Waals surface area contributed by atoms with Crippen molar-refractivity contribution in [1.29, 1.82) is 0 Å². The number of aromatic nitrogens is 3. The molecule has 3 aromatic heterocycles. The van der Waals surface area contributed by atoms with Crippen LogP contribution in [-0.2, 0) is 6.42 Å². The first kappa shape index (κ1) is 23.2. The minimum Gasteiger partial charge on any atom is -0.487 e. The van der Waals surface area contributed by atoms with Crippen LogP contribution in [0.2, 0.25) is 0 Å². The molecule has 10 heteroatoms. The maximum Gasteiger partial charge on any atom is 0.269 e. The van der Waals surface area contributed by atoms with Crippen LogP contribution in [0.1, 0.15) is 66.4 Å². The highest BCUT2D eigenvalue weighted by Crippen LogP contribution is 2.36. The number of hydrogen-bond acceptors (Lipinski definition) is 6. The normalized spacial score (nSPS) is 22.8. The smallest absolute Gasteiger partial charge is 0.269 e. The van der Waals surface area contributed by atoms with Gasteiger partial charge in [-0.15, -0.1) is 11.3 Å². The lowest BCUT2D eigenvalue weighted by Crippen LogP contribution is -2.59. The highest BCUT2D eigenvalue weighted by atomic mass is 32.1. The molecular formula is C24H29F2N5O2S. The lowest BCUT2D eigenvalue weighted by Gasteiger charge is -2.36. The summed E-state index contributed by atoms with van der Waals surface area (Å²) in [5, 5.41) is 6.95. The molecule has 0 spiro atoms. The fourth-order valence-electron chi connectivity index (χ4n) is 4.97. The van der Waals surface area contributed by atoms with E-state index >= 15 is 0 Å². The molecule has 3 heterocycles. The monoisotopic (exact) mass is 489 g/mol. The van der Waals surface area contributed by atoms with E-state index in [9.17, 15) is 13.6 Å². The van der Waals surface area contributed by atoms with Crippen molar-refractivity contribution in [3.05, 3.63) is 34.4 Å². The fourth-order valence-corrected chi connectivity index (χ4v) is 5.99. The van der Waals surface area contributed by atoms with E-state index in [1.165, 1.54) is 24.2 Å². The third-order valence-corrected chi connectivity index (χ3v) is 8.08. The summed E-state index contributed by atoms with van der Waals surface area (Å²) in [5.41, 5.74) is 8.20. The average molecular weight is 490 g/mol. The predicted molar refractivity (Wildman–Crippen MR) is 127 cm³/mol. The van der Waals surface area contributed by atoms with Crippen LogP contribution in [0, 0.1) is 0 Å². The molecular weight excluding hydrogens is 460 g/mol. The van der Waals surface area contributed by atoms with Crippen LogP contribution in [-0.4, -0.2) is 44.6 Å². The molecule has 0 unspecified atom stereocenters. The van der Waals surface area contributed by atoms with Crippen LogP contribution in [0.25, 0.3) is 16.8 Å². The lowest BCUT2D eigenvalue weighted by molar-refractivity contribution is -0.0674. The molecule has 2 aliphatic rings. The summed E-state index contributed by atoms with van der Waals surface area (Å²) in [4.78, 5) is 18.8. The number of nitrogens with one attached hydrogen (secondary N) is 1. The summed E-state index contributed by atoms with van der Waals surface area (Å²) in [6, 6.07) is -0.379. The molecule has 7 nitrogen and oxygen atoms in total. The number of ether oxygens (including phenoxy) is 1. The van der Waals surface area contributed by atoms with Crippen molar-refractivity contribution in [2.45, 2.75) is 82.4 Å². The van der Waals surface area contributed by atoms with Crippen molar-refractivity contribution in [2.75, 3.05) is 0 Å². The van der Waals surface area contributed by atoms with E-state index in [2.05, 4.69) is 15.4 Å². The van der Waals surface area contributed by atoms with Gasteiger partial charge in [-0.05, 0) is 51.0 Å². The Kier molecular flexibility index (Phi) is 6.28. The maximum absolute atomic E-state index is 14.4. The Morgan fingerprint density at radius 1 is 1.26 bits per heavy atom. The molecule has 2 saturated carbocycles. The summed E-state index contributed by atoms with van der Waals surface area (Å²) in [6.07, 6.45) is 11.2. The molecule has 34 heavy (non-hydrogen) atoms. The number of carbonyl (C=O) groups is 1. The van der Waals surface area contributed by atoms with Crippen LogP contribution in [0.5, 0.6) is 5.75 Å². The van der Waals surface area contributed by atoms with Crippen molar-refractivity contribution in [1.82, 2.24) is 19.9 Å². The molecule has 0 aromatic carbocycles. The van der Waals surface area contributed by atoms with Gasteiger partial charge < -0.3 is 15.8 Å². The predicted octanol–water partition coefficient (Wildman–Crippen LogP) is 4.59. The van der Waals surface area contributed by atoms with Gasteiger partial charge in [0.2, 0.25) is 0 Å². The minimum atomic E-state index is -3.01. The molecule has 2 fully saturated rings. The third kappa shape index (κ3) is 4.40. The fraction of sp³-hybridized carbons (Fsp3) is 0.542. The van der Waals surface area contributed by atoms with Gasteiger partial charge in [0.25, 0.3) is 11.8 Å². The van der Waals surface area contributed by atoms with E-state index in [1.54, 1.807) is 23.0 Å². The standard InChI is InChI=1S/C24H29F2N5O2S/c1-2-19-16(10-20(34-19)23(32)30-21-18(27)8-5-9-24(21,25)26)17-12-29-31-13-15(11-28-22(17)31)33-14-6-3-4-7-14/h10-14,18,21H,2-9,27H2,1H3,(H,30,32)/t18-,21-/m1/s1. The Morgan fingerprint density at radius 2 is 2.06 bits per heavy atom. The Labute approximate surface area is 200 Å². The van der Waals surface area contributed by atoms with Gasteiger partial charge in [-0.1, -0.05) is 6.92 Å². The molecule has 2 atom stereocenters. The van der Waals surface area contributed by atoms with Crippen molar-refractivity contribution in [3.8, 4) is 16.9 Å². The molecule has 1 amide bonds. The quantitative estimate of drug-likeness (QED) is 0.528. The number of carbonyl (C=O) groups excluding carboxylic acids is 1. The van der Waals surface area contributed by atoms with E-state index in [4.69, 9.17) is 10.5 Å². The largest absolute Gasteiger partial charge is 0.487 e. The average Bonchev–Trinajstić information content (AvgIpc) is 3.55. The first-order valence-electron chi connectivity index (χ1n) is 11.9. The molecule has 0 bridgehead atoms. The third-order valence-electron chi connectivity index (χ3n) is 6.80. The molecule has 5 rings (SSSR count). The summed E-state index contributed by atoms with van der Waals surface area (Å²) in [7, 11) is 0. The first-order chi connectivity index (χ1) is 16.4. The van der Waals surface area contributed by atoms with Crippen LogP contribution >= 0.6 is 11.3 Å². The maximum atomic E-state index is 14.4. The number of amides is 1. The van der Waals surface area contributed by atoms with Gasteiger partial charge in [-0.25, -0.2) is 18.3 Å². The Balaban J connectivity index is 1.40. The summed E-state index contributed by atoms with van der Waals surface area (Å²) in [6.45, 7) is 1.99. The van der Waals surface area contributed by atoms with Crippen LogP contribution in [0.3, 0.4) is 0 Å². The number of aryl methyl sites for hydroxylation is 1. The van der Waals surface area contributed by atoms with E-state index in [1.807, 2.05) is 13.1 Å². The van der Waals surface area contributed by atoms with Gasteiger partial charge >= 0.3 is 0 Å². The van der Waals surface area contributed by atoms with Crippen molar-refractivity contribution in [2.24, 2.45) is 5.73 Å². The number of hydrogen-bond donors (Lipinski definition) is 2. The van der Waals surface area contributed by atoms with Crippen molar-refractivity contribution < 1.29 is 18.3 Å². The van der Waals surface area contributed by atoms with Gasteiger partial charge in [0, 0.05) is 28.5 Å². The molecule has 182 valence electrons. The zero-order valence-electron chi connectivity index (χ0n) is 19.1. The first-order valence-corrected chi connectivity index (χ1v) is 12.7. The van der Waals surface area contributed by atoms with E-state index in [-0.39, 0.29) is 12.5 Å². The van der Waals surface area contributed by atoms with E-state index in [0.717, 1.165) is 28.8 Å². The summed E-state index contributed by atoms with van der Waals surface area (Å²) >= 11 is 1.30. The molecule has 2 aliphatic carbocycles. The van der Waals surface area contributed by atoms with Crippen LogP contribution in [0.4, 0.5) is 8.78 Å². The number of thiophene rings is 1. The Bertz CT molecular complexity index is 1190. The van der Waals surface area contributed by atoms with Crippen molar-refractivity contribution >= 4 is 22.9 Å². The molecule has 3 aromatic rings. The van der Waals surface area contributed by atoms with Crippen molar-refractivity contribution in [3.63, 3.8) is 0 Å². The van der Waals surface area contributed by atoms with Gasteiger partial charge in [-0.2, -0.15) is 5.10 Å². The zero-order chi connectivity index (χ0) is 23.9. The molecule has 0 aliphatic heterocycles. The Morgan fingerprint density at radius 3 is 2.79 bits per heavy atom. The summed E-state index contributed by atoms with van der Waals surface area (Å²) < 4.78 is 36.5. The number of fused-ring (bicyclic) bond motifs is 1. The number of nitrogens with zero attached hydrogens (tertiary/aromatic N) is 3. The SMILES string of the molecule is CCc1sc(C(=O)N[C@@H]2[C@H](N)CCCC2(F)F)cc1-c1cnn2cc(OC3CCCC3)cnc12. The number of nitrogens with two attached hydrogens (primary N) is 1. The highest BCUT2D eigenvalue weighted by Gasteiger charge is 2.46.